The molecule has 1 fully saturated rings. The summed E-state index contributed by atoms with van der Waals surface area (Å²) in [6.45, 7) is 1.81. The molecule has 1 aromatic carbocycles. The second-order valence-electron chi connectivity index (χ2n) is 5.90. The molecule has 2 heterocycles. The van der Waals surface area contributed by atoms with Gasteiger partial charge in [-0.3, -0.25) is 0 Å². The average molecular weight is 377 g/mol. The Morgan fingerprint density at radius 3 is 3.12 bits per heavy atom. The van der Waals surface area contributed by atoms with Crippen molar-refractivity contribution in [2.45, 2.75) is 24.1 Å². The van der Waals surface area contributed by atoms with Crippen LogP contribution in [0.2, 0.25) is 0 Å². The van der Waals surface area contributed by atoms with Crippen LogP contribution in [0.1, 0.15) is 12.8 Å². The number of anilines is 1. The molecular formula is C17H23N5O3S. The summed E-state index contributed by atoms with van der Waals surface area (Å²) in [7, 11) is 1.88. The number of nitrogens with one attached hydrogen (secondary N) is 2. The van der Waals surface area contributed by atoms with E-state index in [0.717, 1.165) is 24.6 Å². The van der Waals surface area contributed by atoms with Crippen molar-refractivity contribution in [3.05, 3.63) is 30.6 Å². The van der Waals surface area contributed by atoms with Crippen LogP contribution in [-0.2, 0) is 11.8 Å². The maximum atomic E-state index is 12.1. The van der Waals surface area contributed by atoms with E-state index in [1.807, 2.05) is 35.9 Å². The molecule has 0 radical (unpaired) electrons. The van der Waals surface area contributed by atoms with Crippen LogP contribution >= 0.6 is 11.8 Å². The van der Waals surface area contributed by atoms with Crippen LogP contribution in [0.4, 0.5) is 10.5 Å². The van der Waals surface area contributed by atoms with Crippen molar-refractivity contribution in [1.82, 2.24) is 20.1 Å². The van der Waals surface area contributed by atoms with Gasteiger partial charge in [0.05, 0.1) is 11.8 Å². The Hall–Kier alpha value is -2.26. The molecule has 0 spiro atoms. The molecule has 1 atom stereocenters. The molecule has 0 aliphatic carbocycles. The number of carbonyl (C=O) groups excluding carboxylic acids is 1. The molecule has 3 rings (SSSR count). The predicted octanol–water partition coefficient (Wildman–Crippen LogP) is 2.29. The van der Waals surface area contributed by atoms with Gasteiger partial charge in [-0.1, -0.05) is 23.9 Å². The van der Waals surface area contributed by atoms with E-state index < -0.39 is 0 Å². The first-order chi connectivity index (χ1) is 12.7. The average Bonchev–Trinajstić information content (AvgIpc) is 3.30. The van der Waals surface area contributed by atoms with Crippen LogP contribution in [0.25, 0.3) is 0 Å². The van der Waals surface area contributed by atoms with E-state index in [4.69, 9.17) is 9.47 Å². The zero-order valence-electron chi connectivity index (χ0n) is 14.7. The number of carbonyl (C=O) groups is 1. The van der Waals surface area contributed by atoms with E-state index in [9.17, 15) is 4.79 Å². The number of rotatable bonds is 8. The molecule has 1 aromatic heterocycles. The Morgan fingerprint density at radius 2 is 2.35 bits per heavy atom. The Bertz CT molecular complexity index is 718. The van der Waals surface area contributed by atoms with E-state index in [2.05, 4.69) is 20.8 Å². The van der Waals surface area contributed by atoms with E-state index in [1.165, 1.54) is 11.8 Å². The number of hydrogen-bond donors (Lipinski definition) is 2. The summed E-state index contributed by atoms with van der Waals surface area (Å²) in [6, 6.07) is 7.13. The number of thioether (sulfide) groups is 1. The number of aromatic nitrogens is 3. The smallest absolute Gasteiger partial charge is 0.319 e. The van der Waals surface area contributed by atoms with Gasteiger partial charge in [0, 0.05) is 26.0 Å². The zero-order valence-corrected chi connectivity index (χ0v) is 15.5. The minimum absolute atomic E-state index is 0.134. The summed E-state index contributed by atoms with van der Waals surface area (Å²) >= 11 is 1.54. The molecule has 2 aromatic rings. The Kier molecular flexibility index (Phi) is 6.73. The van der Waals surface area contributed by atoms with Gasteiger partial charge in [0.25, 0.3) is 0 Å². The molecule has 1 aliphatic rings. The van der Waals surface area contributed by atoms with E-state index in [0.29, 0.717) is 30.3 Å². The van der Waals surface area contributed by atoms with Crippen LogP contribution in [-0.4, -0.2) is 52.4 Å². The molecule has 0 bridgehead atoms. The molecular weight excluding hydrogens is 354 g/mol. The molecule has 2 amide bonds. The second kappa shape index (κ2) is 9.44. The number of aryl methyl sites for hydroxylation is 1. The zero-order chi connectivity index (χ0) is 18.2. The van der Waals surface area contributed by atoms with Crippen molar-refractivity contribution in [2.75, 3.05) is 30.8 Å². The van der Waals surface area contributed by atoms with Crippen LogP contribution in [0.5, 0.6) is 5.75 Å². The number of ether oxygens (including phenoxy) is 2. The summed E-state index contributed by atoms with van der Waals surface area (Å²) in [4.78, 5) is 12.1. The number of hydrogen-bond acceptors (Lipinski definition) is 6. The third kappa shape index (κ3) is 5.37. The minimum Gasteiger partial charge on any atom is -0.489 e. The second-order valence-corrected chi connectivity index (χ2v) is 6.96. The molecule has 0 saturated carbocycles. The lowest BCUT2D eigenvalue weighted by atomic mass is 10.2. The summed E-state index contributed by atoms with van der Waals surface area (Å²) in [5.41, 5.74) is 0.643. The van der Waals surface area contributed by atoms with Gasteiger partial charge in [0.1, 0.15) is 18.7 Å². The quantitative estimate of drug-likeness (QED) is 0.542. The SMILES string of the molecule is Cn1cnnc1SCCNC(=O)Nc1ccccc1OC[C@@H]1CCCO1. The number of benzene rings is 1. The lowest BCUT2D eigenvalue weighted by Gasteiger charge is -2.15. The predicted molar refractivity (Wildman–Crippen MR) is 99.7 cm³/mol. The topological polar surface area (TPSA) is 90.3 Å². The summed E-state index contributed by atoms with van der Waals surface area (Å²) < 4.78 is 13.2. The van der Waals surface area contributed by atoms with Crippen LogP contribution in [0.15, 0.2) is 35.7 Å². The van der Waals surface area contributed by atoms with Crippen LogP contribution < -0.4 is 15.4 Å². The first kappa shape index (κ1) is 18.5. The summed E-state index contributed by atoms with van der Waals surface area (Å²) in [5.74, 6) is 1.35. The number of nitrogens with zero attached hydrogens (tertiary/aromatic N) is 3. The van der Waals surface area contributed by atoms with Crippen molar-refractivity contribution in [1.29, 1.82) is 0 Å². The first-order valence-corrected chi connectivity index (χ1v) is 9.56. The summed E-state index contributed by atoms with van der Waals surface area (Å²) in [5, 5.41) is 14.3. The molecule has 8 nitrogen and oxygen atoms in total. The first-order valence-electron chi connectivity index (χ1n) is 8.57. The highest BCUT2D eigenvalue weighted by molar-refractivity contribution is 7.99. The van der Waals surface area contributed by atoms with Gasteiger partial charge in [-0.2, -0.15) is 0 Å². The van der Waals surface area contributed by atoms with Crippen molar-refractivity contribution in [2.24, 2.45) is 7.05 Å². The van der Waals surface area contributed by atoms with E-state index in [-0.39, 0.29) is 12.1 Å². The van der Waals surface area contributed by atoms with E-state index in [1.54, 1.807) is 6.33 Å². The molecule has 26 heavy (non-hydrogen) atoms. The van der Waals surface area contributed by atoms with Crippen molar-refractivity contribution in [3.63, 3.8) is 0 Å². The molecule has 140 valence electrons. The highest BCUT2D eigenvalue weighted by Gasteiger charge is 2.17. The monoisotopic (exact) mass is 377 g/mol. The fourth-order valence-electron chi connectivity index (χ4n) is 2.53. The molecule has 9 heteroatoms. The van der Waals surface area contributed by atoms with Gasteiger partial charge in [-0.25, -0.2) is 4.79 Å². The molecule has 0 unspecified atom stereocenters. The number of urea groups is 1. The van der Waals surface area contributed by atoms with Crippen molar-refractivity contribution < 1.29 is 14.3 Å². The molecule has 2 N–H and O–H groups in total. The third-order valence-corrected chi connectivity index (χ3v) is 4.91. The minimum atomic E-state index is -0.267. The number of amides is 2. The largest absolute Gasteiger partial charge is 0.489 e. The lowest BCUT2D eigenvalue weighted by Crippen LogP contribution is -2.30. The van der Waals surface area contributed by atoms with Gasteiger partial charge >= 0.3 is 6.03 Å². The fourth-order valence-corrected chi connectivity index (χ4v) is 3.27. The normalized spacial score (nSPS) is 16.4. The van der Waals surface area contributed by atoms with E-state index >= 15 is 0 Å². The van der Waals surface area contributed by atoms with Crippen LogP contribution in [0.3, 0.4) is 0 Å². The van der Waals surface area contributed by atoms with Gasteiger partial charge in [0.2, 0.25) is 0 Å². The number of para-hydroxylation sites is 2. The molecule has 1 aliphatic heterocycles. The maximum absolute atomic E-state index is 12.1. The van der Waals surface area contributed by atoms with Gasteiger partial charge < -0.3 is 24.7 Å². The Labute approximate surface area is 156 Å². The van der Waals surface area contributed by atoms with Gasteiger partial charge in [-0.15, -0.1) is 10.2 Å². The standard InChI is InChI=1S/C17H23N5O3S/c1-22-12-19-21-17(22)26-10-8-18-16(23)20-14-6-2-3-7-15(14)25-11-13-5-4-9-24-13/h2-3,6-7,12-13H,4-5,8-11H2,1H3,(H2,18,20,23)/t13-/m0/s1. The maximum Gasteiger partial charge on any atom is 0.319 e. The highest BCUT2D eigenvalue weighted by atomic mass is 32.2. The third-order valence-electron chi connectivity index (χ3n) is 3.87. The lowest BCUT2D eigenvalue weighted by molar-refractivity contribution is 0.0682. The van der Waals surface area contributed by atoms with Gasteiger partial charge in [-0.05, 0) is 25.0 Å². The Balaban J connectivity index is 1.42. The van der Waals surface area contributed by atoms with Crippen molar-refractivity contribution >= 4 is 23.5 Å². The van der Waals surface area contributed by atoms with Crippen LogP contribution in [0, 0.1) is 0 Å². The Morgan fingerprint density at radius 1 is 1.46 bits per heavy atom. The molecule has 1 saturated heterocycles. The van der Waals surface area contributed by atoms with Crippen molar-refractivity contribution in [3.8, 4) is 5.75 Å². The fraction of sp³-hybridized carbons (Fsp3) is 0.471. The van der Waals surface area contributed by atoms with Gasteiger partial charge in [0.15, 0.2) is 5.16 Å². The highest BCUT2D eigenvalue weighted by Crippen LogP contribution is 2.25. The summed E-state index contributed by atoms with van der Waals surface area (Å²) in [6.07, 6.45) is 3.87.